The van der Waals surface area contributed by atoms with Crippen LogP contribution < -0.4 is 0 Å². The van der Waals surface area contributed by atoms with Gasteiger partial charge in [0, 0.05) is 19.3 Å². The van der Waals surface area contributed by atoms with Crippen LogP contribution in [0.3, 0.4) is 0 Å². The molecule has 1 aromatic rings. The lowest BCUT2D eigenvalue weighted by atomic mass is 10.2. The Morgan fingerprint density at radius 3 is 2.69 bits per heavy atom. The fourth-order valence-electron chi connectivity index (χ4n) is 1.44. The summed E-state index contributed by atoms with van der Waals surface area (Å²) in [4.78, 5) is 18.0. The minimum absolute atomic E-state index is 0.0657. The van der Waals surface area contributed by atoms with Crippen molar-refractivity contribution in [3.63, 3.8) is 0 Å². The molecule has 0 aliphatic carbocycles. The summed E-state index contributed by atoms with van der Waals surface area (Å²) in [7, 11) is 0. The number of rotatable bonds is 5. The zero-order chi connectivity index (χ0) is 12.0. The van der Waals surface area contributed by atoms with Gasteiger partial charge in [-0.15, -0.1) is 0 Å². The number of hydrogen-bond donors (Lipinski definition) is 0. The van der Waals surface area contributed by atoms with Crippen LogP contribution in [-0.2, 0) is 0 Å². The number of carbonyl (C=O) groups is 1. The monoisotopic (exact) mass is 284 g/mol. The third-order valence-corrected chi connectivity index (χ3v) is 2.89. The van der Waals surface area contributed by atoms with Crippen molar-refractivity contribution in [2.75, 3.05) is 13.1 Å². The summed E-state index contributed by atoms with van der Waals surface area (Å²) in [5, 5.41) is 0. The van der Waals surface area contributed by atoms with Crippen molar-refractivity contribution in [3.05, 3.63) is 28.5 Å². The highest BCUT2D eigenvalue weighted by molar-refractivity contribution is 9.10. The summed E-state index contributed by atoms with van der Waals surface area (Å²) in [5.41, 5.74) is 0.654. The molecule has 1 amide bonds. The van der Waals surface area contributed by atoms with Crippen LogP contribution in [0.25, 0.3) is 0 Å². The summed E-state index contributed by atoms with van der Waals surface area (Å²) < 4.78 is 0.751. The highest BCUT2D eigenvalue weighted by Gasteiger charge is 2.13. The van der Waals surface area contributed by atoms with Crippen LogP contribution in [0.5, 0.6) is 0 Å². The van der Waals surface area contributed by atoms with Crippen molar-refractivity contribution >= 4 is 21.8 Å². The van der Waals surface area contributed by atoms with E-state index in [0.717, 1.165) is 30.5 Å². The quantitative estimate of drug-likeness (QED) is 0.779. The number of amides is 1. The molecule has 0 aromatic carbocycles. The summed E-state index contributed by atoms with van der Waals surface area (Å²) >= 11 is 3.25. The van der Waals surface area contributed by atoms with E-state index in [2.05, 4.69) is 27.8 Å². The smallest absolute Gasteiger partial charge is 0.255 e. The van der Waals surface area contributed by atoms with E-state index in [1.54, 1.807) is 18.3 Å². The van der Waals surface area contributed by atoms with Gasteiger partial charge in [0.15, 0.2) is 0 Å². The normalized spacial score (nSPS) is 10.2. The van der Waals surface area contributed by atoms with Gasteiger partial charge in [-0.1, -0.05) is 13.3 Å². The second-order valence-corrected chi connectivity index (χ2v) is 4.42. The number of hydrogen-bond acceptors (Lipinski definition) is 2. The van der Waals surface area contributed by atoms with Crippen molar-refractivity contribution in [2.45, 2.75) is 26.7 Å². The highest BCUT2D eigenvalue weighted by Crippen LogP contribution is 2.09. The molecular formula is C12H17BrN2O. The van der Waals surface area contributed by atoms with Gasteiger partial charge < -0.3 is 4.90 Å². The summed E-state index contributed by atoms with van der Waals surface area (Å²) in [5.74, 6) is 0.0657. The molecule has 0 aliphatic heterocycles. The van der Waals surface area contributed by atoms with Gasteiger partial charge in [0.1, 0.15) is 4.60 Å². The predicted molar refractivity (Wildman–Crippen MR) is 68.4 cm³/mol. The lowest BCUT2D eigenvalue weighted by Crippen LogP contribution is -2.31. The van der Waals surface area contributed by atoms with Crippen LogP contribution in [0, 0.1) is 0 Å². The van der Waals surface area contributed by atoms with Crippen molar-refractivity contribution in [3.8, 4) is 0 Å². The topological polar surface area (TPSA) is 33.2 Å². The fourth-order valence-corrected chi connectivity index (χ4v) is 1.67. The summed E-state index contributed by atoms with van der Waals surface area (Å²) in [6.07, 6.45) is 3.76. The van der Waals surface area contributed by atoms with E-state index < -0.39 is 0 Å². The number of unbranched alkanes of at least 4 members (excludes halogenated alkanes) is 1. The first-order chi connectivity index (χ1) is 7.69. The first-order valence-electron chi connectivity index (χ1n) is 5.59. The first kappa shape index (κ1) is 13.2. The molecule has 88 valence electrons. The Kier molecular flexibility index (Phi) is 5.46. The molecule has 1 aromatic heterocycles. The molecule has 0 aliphatic rings. The Morgan fingerprint density at radius 1 is 1.44 bits per heavy atom. The van der Waals surface area contributed by atoms with Gasteiger partial charge in [0.25, 0.3) is 5.91 Å². The Morgan fingerprint density at radius 2 is 2.19 bits per heavy atom. The maximum Gasteiger partial charge on any atom is 0.255 e. The Bertz CT molecular complexity index is 337. The Balaban J connectivity index is 2.70. The SMILES string of the molecule is CCCCN(CC)C(=O)c1ccc(Br)nc1. The van der Waals surface area contributed by atoms with Crippen molar-refractivity contribution in [2.24, 2.45) is 0 Å². The van der Waals surface area contributed by atoms with Gasteiger partial charge in [-0.25, -0.2) is 4.98 Å². The molecule has 0 atom stereocenters. The third kappa shape index (κ3) is 3.59. The zero-order valence-electron chi connectivity index (χ0n) is 9.74. The van der Waals surface area contributed by atoms with E-state index in [-0.39, 0.29) is 5.91 Å². The van der Waals surface area contributed by atoms with Crippen molar-refractivity contribution in [1.82, 2.24) is 9.88 Å². The van der Waals surface area contributed by atoms with E-state index in [9.17, 15) is 4.79 Å². The van der Waals surface area contributed by atoms with Crippen molar-refractivity contribution in [1.29, 1.82) is 0 Å². The second-order valence-electron chi connectivity index (χ2n) is 3.61. The first-order valence-corrected chi connectivity index (χ1v) is 6.39. The van der Waals surface area contributed by atoms with Gasteiger partial charge in [0.05, 0.1) is 5.56 Å². The van der Waals surface area contributed by atoms with Gasteiger partial charge in [-0.3, -0.25) is 4.79 Å². The van der Waals surface area contributed by atoms with E-state index in [0.29, 0.717) is 5.56 Å². The van der Waals surface area contributed by atoms with Gasteiger partial charge in [0.2, 0.25) is 0 Å². The molecule has 0 unspecified atom stereocenters. The molecule has 0 spiro atoms. The molecule has 4 heteroatoms. The molecule has 1 rings (SSSR count). The molecule has 3 nitrogen and oxygen atoms in total. The number of carbonyl (C=O) groups excluding carboxylic acids is 1. The number of aromatic nitrogens is 1. The third-order valence-electron chi connectivity index (χ3n) is 2.42. The van der Waals surface area contributed by atoms with Crippen LogP contribution in [-0.4, -0.2) is 28.9 Å². The van der Waals surface area contributed by atoms with Crippen molar-refractivity contribution < 1.29 is 4.79 Å². The lowest BCUT2D eigenvalue weighted by Gasteiger charge is -2.20. The van der Waals surface area contributed by atoms with Crippen LogP contribution in [0.1, 0.15) is 37.0 Å². The molecule has 16 heavy (non-hydrogen) atoms. The zero-order valence-corrected chi connectivity index (χ0v) is 11.3. The lowest BCUT2D eigenvalue weighted by molar-refractivity contribution is 0.0762. The van der Waals surface area contributed by atoms with Gasteiger partial charge >= 0.3 is 0 Å². The molecule has 0 saturated carbocycles. The maximum absolute atomic E-state index is 12.1. The number of halogens is 1. The molecule has 0 fully saturated rings. The minimum Gasteiger partial charge on any atom is -0.339 e. The fraction of sp³-hybridized carbons (Fsp3) is 0.500. The van der Waals surface area contributed by atoms with Crippen LogP contribution in [0.4, 0.5) is 0 Å². The van der Waals surface area contributed by atoms with Gasteiger partial charge in [-0.2, -0.15) is 0 Å². The number of pyridine rings is 1. The highest BCUT2D eigenvalue weighted by atomic mass is 79.9. The minimum atomic E-state index is 0.0657. The van der Waals surface area contributed by atoms with Gasteiger partial charge in [-0.05, 0) is 41.4 Å². The van der Waals surface area contributed by atoms with Crippen LogP contribution >= 0.6 is 15.9 Å². The van der Waals surface area contributed by atoms with E-state index in [4.69, 9.17) is 0 Å². The summed E-state index contributed by atoms with van der Waals surface area (Å²) in [6.45, 7) is 5.69. The summed E-state index contributed by atoms with van der Waals surface area (Å²) in [6, 6.07) is 3.59. The van der Waals surface area contributed by atoms with E-state index in [1.807, 2.05) is 11.8 Å². The average Bonchev–Trinajstić information content (AvgIpc) is 2.30. The number of nitrogens with zero attached hydrogens (tertiary/aromatic N) is 2. The largest absolute Gasteiger partial charge is 0.339 e. The molecular weight excluding hydrogens is 268 g/mol. The Labute approximate surface area is 105 Å². The molecule has 0 bridgehead atoms. The standard InChI is InChI=1S/C12H17BrN2O/c1-3-5-8-15(4-2)12(16)10-6-7-11(13)14-9-10/h6-7,9H,3-5,8H2,1-2H3. The molecule has 0 N–H and O–H groups in total. The Hall–Kier alpha value is -0.900. The van der Waals surface area contributed by atoms with E-state index in [1.165, 1.54) is 0 Å². The molecule has 1 heterocycles. The second kappa shape index (κ2) is 6.63. The van der Waals surface area contributed by atoms with E-state index >= 15 is 0 Å². The molecule has 0 radical (unpaired) electrons. The average molecular weight is 285 g/mol. The maximum atomic E-state index is 12.1. The molecule has 0 saturated heterocycles. The van der Waals surface area contributed by atoms with Crippen LogP contribution in [0.15, 0.2) is 22.9 Å². The van der Waals surface area contributed by atoms with Crippen LogP contribution in [0.2, 0.25) is 0 Å². The predicted octanol–water partition coefficient (Wildman–Crippen LogP) is 3.11.